The first-order valence-corrected chi connectivity index (χ1v) is 15.3. The summed E-state index contributed by atoms with van der Waals surface area (Å²) in [5.41, 5.74) is -1.16. The lowest BCUT2D eigenvalue weighted by Crippen LogP contribution is -2.69. The van der Waals surface area contributed by atoms with Crippen LogP contribution in [0.1, 0.15) is 119 Å². The summed E-state index contributed by atoms with van der Waals surface area (Å²) in [5, 5.41) is 15.2. The summed E-state index contributed by atoms with van der Waals surface area (Å²) >= 11 is 0. The molecule has 0 heterocycles. The molecule has 0 bridgehead atoms. The molecule has 39 heavy (non-hydrogen) atoms. The quantitative estimate of drug-likeness (QED) is 0.185. The number of carbonyl (C=O) groups is 2. The van der Waals surface area contributed by atoms with Gasteiger partial charge in [0.2, 0.25) is 0 Å². The van der Waals surface area contributed by atoms with E-state index in [1.54, 1.807) is 0 Å². The van der Waals surface area contributed by atoms with Gasteiger partial charge in [-0.2, -0.15) is 0 Å². The first kappa shape index (κ1) is 30.0. The standard InChI is InChI=1S/C31H50N2O6/c1-19(2)9-8-10-20(3)25-11-12-26-24-17-28(32-33(36)37)31(39-22(5)35)18-23(38-21(4)34)13-16-30(31,7)27(24)14-15-29(25,26)6/h19-20,23-27H,8-18H2,1-7H3/b32-28-/t20-,23+,24+,25+,26-,27-,29-,30-,31+/m1/s1. The molecule has 0 radical (unpaired) electrons. The molecule has 0 aliphatic heterocycles. The van der Waals surface area contributed by atoms with E-state index in [1.165, 1.54) is 39.5 Å². The Morgan fingerprint density at radius 1 is 1.03 bits per heavy atom. The monoisotopic (exact) mass is 546 g/mol. The van der Waals surface area contributed by atoms with Crippen LogP contribution >= 0.6 is 0 Å². The summed E-state index contributed by atoms with van der Waals surface area (Å²) < 4.78 is 11.8. The Balaban J connectivity index is 1.69. The Kier molecular flexibility index (Phi) is 8.55. The largest absolute Gasteiger partial charge is 0.462 e. The molecule has 4 aliphatic rings. The highest BCUT2D eigenvalue weighted by Gasteiger charge is 2.70. The van der Waals surface area contributed by atoms with Crippen molar-refractivity contribution in [1.82, 2.24) is 0 Å². The molecule has 0 aromatic rings. The van der Waals surface area contributed by atoms with E-state index in [0.717, 1.165) is 25.2 Å². The van der Waals surface area contributed by atoms with E-state index in [9.17, 15) is 19.7 Å². The van der Waals surface area contributed by atoms with Crippen molar-refractivity contribution in [3.05, 3.63) is 10.1 Å². The zero-order chi connectivity index (χ0) is 28.8. The lowest BCUT2D eigenvalue weighted by Gasteiger charge is -2.64. The second-order valence-electron chi connectivity index (χ2n) is 14.2. The second-order valence-corrected chi connectivity index (χ2v) is 14.2. The molecular formula is C31H50N2O6. The van der Waals surface area contributed by atoms with Crippen molar-refractivity contribution in [3.8, 4) is 0 Å². The van der Waals surface area contributed by atoms with Gasteiger partial charge in [-0.15, -0.1) is 0 Å². The molecule has 220 valence electrons. The molecule has 0 saturated heterocycles. The lowest BCUT2D eigenvalue weighted by molar-refractivity contribution is -0.486. The molecule has 0 spiro atoms. The van der Waals surface area contributed by atoms with E-state index in [-0.39, 0.29) is 23.7 Å². The highest BCUT2D eigenvalue weighted by Crippen LogP contribution is 2.69. The van der Waals surface area contributed by atoms with Crippen LogP contribution in [0.4, 0.5) is 0 Å². The molecule has 0 aromatic carbocycles. The highest BCUT2D eigenvalue weighted by molar-refractivity contribution is 5.96. The topological polar surface area (TPSA) is 108 Å². The average Bonchev–Trinajstić information content (AvgIpc) is 3.16. The van der Waals surface area contributed by atoms with Crippen LogP contribution in [-0.4, -0.2) is 34.4 Å². The summed E-state index contributed by atoms with van der Waals surface area (Å²) in [6, 6.07) is 0. The summed E-state index contributed by atoms with van der Waals surface area (Å²) in [5.74, 6) is 2.22. The van der Waals surface area contributed by atoms with Crippen molar-refractivity contribution in [2.45, 2.75) is 131 Å². The van der Waals surface area contributed by atoms with E-state index in [4.69, 9.17) is 9.47 Å². The lowest BCUT2D eigenvalue weighted by atomic mass is 9.42. The molecule has 8 heteroatoms. The van der Waals surface area contributed by atoms with Crippen LogP contribution in [0.2, 0.25) is 0 Å². The Labute approximate surface area is 234 Å². The second kappa shape index (κ2) is 11.1. The van der Waals surface area contributed by atoms with E-state index in [2.05, 4.69) is 39.7 Å². The SMILES string of the molecule is CC(=O)O[C@H]1CC[C@]2(C)[C@@H]3CC[C@@]4(C)[C@H](CC[C@H]4[C@H](C)CCCC(C)C)[C@@H]3C/C(=N/[N+](=O)[O-])[C@@]2(OC(C)=O)C1. The van der Waals surface area contributed by atoms with Gasteiger partial charge in [0.15, 0.2) is 10.6 Å². The van der Waals surface area contributed by atoms with E-state index in [1.807, 2.05) is 0 Å². The maximum atomic E-state index is 12.5. The van der Waals surface area contributed by atoms with Crippen molar-refractivity contribution in [2.75, 3.05) is 0 Å². The van der Waals surface area contributed by atoms with E-state index >= 15 is 0 Å². The molecule has 0 aromatic heterocycles. The van der Waals surface area contributed by atoms with Gasteiger partial charge in [0, 0.05) is 25.7 Å². The van der Waals surface area contributed by atoms with Crippen molar-refractivity contribution in [2.24, 2.45) is 51.4 Å². The van der Waals surface area contributed by atoms with Crippen LogP contribution < -0.4 is 0 Å². The fourth-order valence-corrected chi connectivity index (χ4v) is 10.0. The number of hydrogen-bond acceptors (Lipinski definition) is 6. The van der Waals surface area contributed by atoms with Gasteiger partial charge in [0.1, 0.15) is 11.8 Å². The Bertz CT molecular complexity index is 996. The maximum Gasteiger partial charge on any atom is 0.303 e. The van der Waals surface area contributed by atoms with Crippen LogP contribution in [-0.2, 0) is 19.1 Å². The van der Waals surface area contributed by atoms with Crippen LogP contribution in [0, 0.1) is 56.5 Å². The van der Waals surface area contributed by atoms with Gasteiger partial charge in [-0.25, -0.2) is 10.1 Å². The molecular weight excluding hydrogens is 496 g/mol. The molecule has 4 rings (SSSR count). The van der Waals surface area contributed by atoms with Gasteiger partial charge >= 0.3 is 11.9 Å². The van der Waals surface area contributed by atoms with Crippen molar-refractivity contribution in [3.63, 3.8) is 0 Å². The summed E-state index contributed by atoms with van der Waals surface area (Å²) in [7, 11) is 0. The number of rotatable bonds is 8. The third-order valence-corrected chi connectivity index (χ3v) is 11.6. The number of nitrogens with zero attached hydrogens (tertiary/aromatic N) is 2. The number of ether oxygens (including phenoxy) is 2. The van der Waals surface area contributed by atoms with E-state index in [0.29, 0.717) is 42.7 Å². The number of hydrogen-bond donors (Lipinski definition) is 0. The zero-order valence-corrected chi connectivity index (χ0v) is 25.2. The summed E-state index contributed by atoms with van der Waals surface area (Å²) in [4.78, 5) is 36.3. The molecule has 0 unspecified atom stereocenters. The van der Waals surface area contributed by atoms with Crippen LogP contribution in [0.5, 0.6) is 0 Å². The average molecular weight is 547 g/mol. The van der Waals surface area contributed by atoms with Crippen molar-refractivity contribution in [1.29, 1.82) is 0 Å². The zero-order valence-electron chi connectivity index (χ0n) is 25.2. The minimum atomic E-state index is -1.23. The minimum absolute atomic E-state index is 0.213. The highest BCUT2D eigenvalue weighted by atomic mass is 16.7. The smallest absolute Gasteiger partial charge is 0.303 e. The minimum Gasteiger partial charge on any atom is -0.462 e. The number of esters is 2. The number of nitro groups is 1. The third-order valence-electron chi connectivity index (χ3n) is 11.6. The van der Waals surface area contributed by atoms with Gasteiger partial charge in [0.25, 0.3) is 0 Å². The van der Waals surface area contributed by atoms with Gasteiger partial charge < -0.3 is 9.47 Å². The third kappa shape index (κ3) is 5.38. The Morgan fingerprint density at radius 3 is 2.36 bits per heavy atom. The van der Waals surface area contributed by atoms with Gasteiger partial charge in [-0.3, -0.25) is 9.59 Å². The normalized spacial score (nSPS) is 41.3. The van der Waals surface area contributed by atoms with E-state index < -0.39 is 34.1 Å². The van der Waals surface area contributed by atoms with Gasteiger partial charge in [0.05, 0.1) is 5.10 Å². The fourth-order valence-electron chi connectivity index (χ4n) is 10.0. The Hall–Kier alpha value is -1.99. The molecule has 4 saturated carbocycles. The van der Waals surface area contributed by atoms with Gasteiger partial charge in [-0.05, 0) is 85.9 Å². The summed E-state index contributed by atoms with van der Waals surface area (Å²) in [6.45, 7) is 14.4. The van der Waals surface area contributed by atoms with Crippen LogP contribution in [0.25, 0.3) is 0 Å². The van der Waals surface area contributed by atoms with Crippen molar-refractivity contribution >= 4 is 17.7 Å². The Morgan fingerprint density at radius 2 is 1.74 bits per heavy atom. The maximum absolute atomic E-state index is 12.5. The molecule has 0 amide bonds. The molecule has 9 atom stereocenters. The first-order valence-electron chi connectivity index (χ1n) is 15.3. The predicted octanol–water partition coefficient (Wildman–Crippen LogP) is 6.97. The molecule has 4 fully saturated rings. The number of fused-ring (bicyclic) bond motifs is 5. The van der Waals surface area contributed by atoms with Crippen LogP contribution in [0.15, 0.2) is 5.10 Å². The van der Waals surface area contributed by atoms with Crippen molar-refractivity contribution < 1.29 is 24.1 Å². The summed E-state index contributed by atoms with van der Waals surface area (Å²) in [6.07, 6.45) is 9.91. The van der Waals surface area contributed by atoms with Crippen LogP contribution in [0.3, 0.4) is 0 Å². The molecule has 4 aliphatic carbocycles. The molecule has 0 N–H and O–H groups in total. The first-order chi connectivity index (χ1) is 18.2. The van der Waals surface area contributed by atoms with Gasteiger partial charge in [-0.1, -0.05) is 53.9 Å². The number of hydrazone groups is 1. The predicted molar refractivity (Wildman–Crippen MR) is 149 cm³/mol. The fraction of sp³-hybridized carbons (Fsp3) is 0.903. The molecule has 8 nitrogen and oxygen atoms in total. The number of carbonyl (C=O) groups excluding carboxylic acids is 2.